The van der Waals surface area contributed by atoms with Crippen molar-refractivity contribution in [2.45, 2.75) is 155 Å². The molecule has 0 saturated carbocycles. The van der Waals surface area contributed by atoms with E-state index < -0.39 is 7.82 Å². The van der Waals surface area contributed by atoms with Crippen LogP contribution in [-0.4, -0.2) is 48.6 Å². The van der Waals surface area contributed by atoms with Crippen molar-refractivity contribution in [2.75, 3.05) is 34.3 Å². The van der Waals surface area contributed by atoms with Gasteiger partial charge in [-0.2, -0.15) is 0 Å². The first-order valence-electron chi connectivity index (χ1n) is 15.1. The first-order valence-corrected chi connectivity index (χ1v) is 16.7. The Hall–Kier alpha value is 0.0700. The molecule has 0 amide bonds. The first-order chi connectivity index (χ1) is 16.6. The molecule has 5 nitrogen and oxygen atoms in total. The number of quaternary nitrogens is 1. The van der Waals surface area contributed by atoms with Crippen LogP contribution < -0.4 is 0 Å². The molecule has 0 unspecified atom stereocenters. The smallest absolute Gasteiger partial charge is 0.331 e. The maximum absolute atomic E-state index is 10.2. The monoisotopic (exact) mass is 522 g/mol. The summed E-state index contributed by atoms with van der Waals surface area (Å²) in [6, 6.07) is 0. The van der Waals surface area contributed by atoms with E-state index in [2.05, 4.69) is 39.5 Å². The zero-order valence-corrected chi connectivity index (χ0v) is 25.5. The molecule has 0 aliphatic heterocycles. The molecule has 0 aliphatic rings. The average molecular weight is 523 g/mol. The van der Waals surface area contributed by atoms with Gasteiger partial charge in [0.1, 0.15) is 0 Å². The molecule has 0 heterocycles. The van der Waals surface area contributed by atoms with Crippen LogP contribution in [0.3, 0.4) is 0 Å². The Labute approximate surface area is 220 Å². The van der Waals surface area contributed by atoms with Gasteiger partial charge in [0, 0.05) is 0 Å². The van der Waals surface area contributed by atoms with Gasteiger partial charge in [-0.3, -0.25) is 4.52 Å². The Morgan fingerprint density at radius 3 is 1.09 bits per heavy atom. The number of hydrogen-bond donors (Lipinski definition) is 2. The molecule has 35 heavy (non-hydrogen) atoms. The molecule has 2 N–H and O–H groups in total. The van der Waals surface area contributed by atoms with E-state index in [9.17, 15) is 4.57 Å². The van der Waals surface area contributed by atoms with Crippen molar-refractivity contribution in [1.29, 1.82) is 0 Å². The Balaban J connectivity index is 0. The summed E-state index contributed by atoms with van der Waals surface area (Å²) in [4.78, 5) is 16.7. The summed E-state index contributed by atoms with van der Waals surface area (Å²) in [7, 11) is 2.66. The van der Waals surface area contributed by atoms with E-state index in [0.717, 1.165) is 23.7 Å². The fraction of sp³-hybridized carbons (Fsp3) is 1.00. The van der Waals surface area contributed by atoms with Crippen LogP contribution in [0, 0.1) is 0 Å². The Bertz CT molecular complexity index is 448. The SMILES string of the molecule is CCCCCCCCCCCCCCCCCC[N+](C)(C)C.CCCCCCCCOP(=O)(O)O. The van der Waals surface area contributed by atoms with E-state index in [1.807, 2.05) is 0 Å². The highest BCUT2D eigenvalue weighted by atomic mass is 31.2. The maximum Gasteiger partial charge on any atom is 0.469 e. The lowest BCUT2D eigenvalue weighted by molar-refractivity contribution is -0.870. The first kappa shape index (κ1) is 37.2. The van der Waals surface area contributed by atoms with Crippen molar-refractivity contribution in [3.05, 3.63) is 0 Å². The van der Waals surface area contributed by atoms with Crippen LogP contribution in [0.25, 0.3) is 0 Å². The van der Waals surface area contributed by atoms with Gasteiger partial charge >= 0.3 is 7.82 Å². The summed E-state index contributed by atoms with van der Waals surface area (Å²) >= 11 is 0. The van der Waals surface area contributed by atoms with Gasteiger partial charge in [0.15, 0.2) is 0 Å². The van der Waals surface area contributed by atoms with Gasteiger partial charge in [-0.05, 0) is 19.3 Å². The number of phosphoric acid groups is 1. The standard InChI is InChI=1S/C21H46N.C8H19O4P/c1-5-6-7-8-9-10-11-12-13-14-15-16-17-18-19-20-21-22(2,3)4;1-2-3-4-5-6-7-8-12-13(9,10)11/h5-21H2,1-4H3;2-8H2,1H3,(H2,9,10,11)/q+1;. The van der Waals surface area contributed by atoms with Crippen LogP contribution in [0.4, 0.5) is 0 Å². The van der Waals surface area contributed by atoms with E-state index in [1.165, 1.54) is 129 Å². The van der Waals surface area contributed by atoms with E-state index in [0.29, 0.717) is 0 Å². The largest absolute Gasteiger partial charge is 0.469 e. The number of rotatable bonds is 25. The molecule has 0 bridgehead atoms. The Kier molecular flexibility index (Phi) is 28.8. The van der Waals surface area contributed by atoms with Gasteiger partial charge in [-0.15, -0.1) is 0 Å². The molecule has 0 radical (unpaired) electrons. The van der Waals surface area contributed by atoms with E-state index >= 15 is 0 Å². The maximum atomic E-state index is 10.2. The zero-order valence-electron chi connectivity index (χ0n) is 24.6. The molecule has 0 aliphatic carbocycles. The lowest BCUT2D eigenvalue weighted by atomic mass is 10.0. The molecule has 6 heteroatoms. The van der Waals surface area contributed by atoms with Gasteiger partial charge in [-0.25, -0.2) is 4.57 Å². The van der Waals surface area contributed by atoms with Crippen molar-refractivity contribution in [2.24, 2.45) is 0 Å². The number of nitrogens with zero attached hydrogens (tertiary/aromatic N) is 1. The summed E-state index contributed by atoms with van der Waals surface area (Å²) in [6.07, 6.45) is 29.8. The van der Waals surface area contributed by atoms with Crippen molar-refractivity contribution >= 4 is 7.82 Å². The van der Waals surface area contributed by atoms with Crippen LogP contribution in [0.15, 0.2) is 0 Å². The van der Waals surface area contributed by atoms with Gasteiger partial charge in [-0.1, -0.05) is 136 Å². The van der Waals surface area contributed by atoms with Crippen molar-refractivity contribution in [1.82, 2.24) is 0 Å². The lowest BCUT2D eigenvalue weighted by Gasteiger charge is -2.23. The van der Waals surface area contributed by atoms with Crippen LogP contribution >= 0.6 is 7.82 Å². The third kappa shape index (κ3) is 41.5. The number of hydrogen-bond acceptors (Lipinski definition) is 2. The molecular weight excluding hydrogens is 457 g/mol. The molecule has 0 spiro atoms. The van der Waals surface area contributed by atoms with Gasteiger partial charge < -0.3 is 14.3 Å². The Morgan fingerprint density at radius 2 is 0.800 bits per heavy atom. The predicted molar refractivity (Wildman–Crippen MR) is 154 cm³/mol. The van der Waals surface area contributed by atoms with Crippen LogP contribution in [-0.2, 0) is 9.09 Å². The molecular formula is C29H65NO4P+. The van der Waals surface area contributed by atoms with Gasteiger partial charge in [0.05, 0.1) is 34.3 Å². The highest BCUT2D eigenvalue weighted by Crippen LogP contribution is 2.35. The van der Waals surface area contributed by atoms with Crippen LogP contribution in [0.1, 0.15) is 155 Å². The summed E-state index contributed by atoms with van der Waals surface area (Å²) in [5.41, 5.74) is 0. The normalized spacial score (nSPS) is 12.0. The Morgan fingerprint density at radius 1 is 0.514 bits per heavy atom. The molecule has 214 valence electrons. The van der Waals surface area contributed by atoms with Crippen LogP contribution in [0.5, 0.6) is 0 Å². The molecule has 0 aromatic carbocycles. The van der Waals surface area contributed by atoms with Crippen molar-refractivity contribution in [3.63, 3.8) is 0 Å². The summed E-state index contributed by atoms with van der Waals surface area (Å²) < 4.78 is 15.7. The minimum absolute atomic E-state index is 0.163. The highest BCUT2D eigenvalue weighted by Gasteiger charge is 2.12. The van der Waals surface area contributed by atoms with Gasteiger partial charge in [0.2, 0.25) is 0 Å². The van der Waals surface area contributed by atoms with E-state index in [-0.39, 0.29) is 6.61 Å². The van der Waals surface area contributed by atoms with Crippen molar-refractivity contribution in [3.8, 4) is 0 Å². The summed E-state index contributed by atoms with van der Waals surface area (Å²) in [6.45, 7) is 5.94. The average Bonchev–Trinajstić information content (AvgIpc) is 2.77. The molecule has 0 fully saturated rings. The second kappa shape index (κ2) is 27.1. The highest BCUT2D eigenvalue weighted by molar-refractivity contribution is 7.46. The minimum Gasteiger partial charge on any atom is -0.331 e. The van der Waals surface area contributed by atoms with Crippen LogP contribution in [0.2, 0.25) is 0 Å². The zero-order chi connectivity index (χ0) is 26.7. The molecule has 0 aromatic rings. The third-order valence-electron chi connectivity index (χ3n) is 6.44. The third-order valence-corrected chi connectivity index (χ3v) is 6.96. The van der Waals surface area contributed by atoms with E-state index in [1.54, 1.807) is 0 Å². The molecule has 0 aromatic heterocycles. The molecule has 0 rings (SSSR count). The lowest BCUT2D eigenvalue weighted by Crippen LogP contribution is -2.35. The number of unbranched alkanes of at least 4 members (excludes halogenated alkanes) is 20. The topological polar surface area (TPSA) is 66.8 Å². The quantitative estimate of drug-likeness (QED) is 0.0712. The van der Waals surface area contributed by atoms with E-state index in [4.69, 9.17) is 9.79 Å². The fourth-order valence-corrected chi connectivity index (χ4v) is 4.57. The second-order valence-electron chi connectivity index (χ2n) is 11.4. The van der Waals surface area contributed by atoms with Crippen molar-refractivity contribution < 1.29 is 23.4 Å². The summed E-state index contributed by atoms with van der Waals surface area (Å²) in [5, 5.41) is 0. The van der Waals surface area contributed by atoms with Gasteiger partial charge in [0.25, 0.3) is 0 Å². The predicted octanol–water partition coefficient (Wildman–Crippen LogP) is 9.41. The molecule has 0 atom stereocenters. The second-order valence-corrected chi connectivity index (χ2v) is 12.6. The number of phosphoric ester groups is 1. The molecule has 0 saturated heterocycles. The fourth-order valence-electron chi connectivity index (χ4n) is 4.20. The summed E-state index contributed by atoms with van der Waals surface area (Å²) in [5.74, 6) is 0. The minimum atomic E-state index is -4.23.